The minimum absolute atomic E-state index is 0.440. The highest BCUT2D eigenvalue weighted by Gasteiger charge is 2.04. The zero-order valence-electron chi connectivity index (χ0n) is 8.46. The van der Waals surface area contributed by atoms with Gasteiger partial charge in [0.1, 0.15) is 11.5 Å². The fourth-order valence-electron chi connectivity index (χ4n) is 1.44. The molecule has 0 bridgehead atoms. The van der Waals surface area contributed by atoms with Crippen LogP contribution in [0.1, 0.15) is 11.3 Å². The van der Waals surface area contributed by atoms with Crippen LogP contribution in [0.2, 0.25) is 0 Å². The minimum atomic E-state index is 0.440. The van der Waals surface area contributed by atoms with Crippen LogP contribution in [0.25, 0.3) is 11.3 Å². The average molecular weight is 266 g/mol. The van der Waals surface area contributed by atoms with Gasteiger partial charge in [-0.2, -0.15) is 0 Å². The van der Waals surface area contributed by atoms with Crippen LogP contribution in [-0.4, -0.2) is 0 Å². The van der Waals surface area contributed by atoms with Crippen LogP contribution in [0.4, 0.5) is 0 Å². The van der Waals surface area contributed by atoms with Gasteiger partial charge in [-0.15, -0.1) is 0 Å². The Kier molecular flexibility index (Phi) is 2.93. The molecular formula is C12H12BrNO. The monoisotopic (exact) mass is 265 g/mol. The van der Waals surface area contributed by atoms with Gasteiger partial charge in [-0.1, -0.05) is 22.0 Å². The first-order valence-corrected chi connectivity index (χ1v) is 5.55. The molecule has 2 nitrogen and oxygen atoms in total. The number of hydrogen-bond donors (Lipinski definition) is 1. The molecule has 1 aromatic heterocycles. The summed E-state index contributed by atoms with van der Waals surface area (Å²) >= 11 is 3.47. The molecule has 0 fully saturated rings. The van der Waals surface area contributed by atoms with Crippen LogP contribution in [0.5, 0.6) is 0 Å². The third kappa shape index (κ3) is 2.13. The fraction of sp³-hybridized carbons (Fsp3) is 0.167. The summed E-state index contributed by atoms with van der Waals surface area (Å²) < 4.78 is 6.68. The number of benzene rings is 1. The number of nitrogens with two attached hydrogens (primary N) is 1. The van der Waals surface area contributed by atoms with Crippen molar-refractivity contribution in [3.05, 3.63) is 46.1 Å². The maximum Gasteiger partial charge on any atom is 0.134 e. The van der Waals surface area contributed by atoms with Crippen molar-refractivity contribution in [2.24, 2.45) is 5.73 Å². The molecule has 0 aliphatic carbocycles. The summed E-state index contributed by atoms with van der Waals surface area (Å²) in [6.07, 6.45) is 0. The van der Waals surface area contributed by atoms with Gasteiger partial charge in [0.05, 0.1) is 6.54 Å². The van der Waals surface area contributed by atoms with E-state index in [1.807, 2.05) is 24.3 Å². The van der Waals surface area contributed by atoms with Crippen LogP contribution < -0.4 is 5.73 Å². The van der Waals surface area contributed by atoms with E-state index in [1.165, 1.54) is 5.56 Å². The van der Waals surface area contributed by atoms with Gasteiger partial charge < -0.3 is 10.2 Å². The Labute approximate surface area is 97.2 Å². The summed E-state index contributed by atoms with van der Waals surface area (Å²) in [5, 5.41) is 0. The standard InChI is InChI=1S/C12H12BrNO/c1-8-6-9(2-4-11(8)13)12-5-3-10(7-14)15-12/h2-6H,7,14H2,1H3. The summed E-state index contributed by atoms with van der Waals surface area (Å²) in [7, 11) is 0. The van der Waals surface area contributed by atoms with Gasteiger partial charge in [0, 0.05) is 10.0 Å². The SMILES string of the molecule is Cc1cc(-c2ccc(CN)o2)ccc1Br. The van der Waals surface area contributed by atoms with E-state index in [-0.39, 0.29) is 0 Å². The molecule has 0 saturated carbocycles. The maximum atomic E-state index is 5.57. The number of aryl methyl sites for hydroxylation is 1. The van der Waals surface area contributed by atoms with E-state index in [0.717, 1.165) is 21.6 Å². The Balaban J connectivity index is 2.40. The van der Waals surface area contributed by atoms with Crippen LogP contribution in [-0.2, 0) is 6.54 Å². The Morgan fingerprint density at radius 3 is 2.67 bits per heavy atom. The number of hydrogen-bond acceptors (Lipinski definition) is 2. The predicted octanol–water partition coefficient (Wildman–Crippen LogP) is 3.48. The van der Waals surface area contributed by atoms with E-state index < -0.39 is 0 Å². The third-order valence-corrected chi connectivity index (χ3v) is 3.20. The van der Waals surface area contributed by atoms with E-state index >= 15 is 0 Å². The van der Waals surface area contributed by atoms with Crippen LogP contribution in [0.3, 0.4) is 0 Å². The average Bonchev–Trinajstić information content (AvgIpc) is 2.70. The molecule has 78 valence electrons. The first kappa shape index (κ1) is 10.5. The molecule has 0 unspecified atom stereocenters. The van der Waals surface area contributed by atoms with Crippen LogP contribution in [0.15, 0.2) is 39.2 Å². The molecule has 3 heteroatoms. The Bertz CT molecular complexity index is 476. The van der Waals surface area contributed by atoms with Crippen molar-refractivity contribution < 1.29 is 4.42 Å². The first-order valence-electron chi connectivity index (χ1n) is 4.76. The Hall–Kier alpha value is -1.06. The highest BCUT2D eigenvalue weighted by atomic mass is 79.9. The van der Waals surface area contributed by atoms with Crippen molar-refractivity contribution in [3.63, 3.8) is 0 Å². The quantitative estimate of drug-likeness (QED) is 0.903. The normalized spacial score (nSPS) is 10.6. The molecule has 0 saturated heterocycles. The Morgan fingerprint density at radius 2 is 2.07 bits per heavy atom. The lowest BCUT2D eigenvalue weighted by molar-refractivity contribution is 0.525. The topological polar surface area (TPSA) is 39.2 Å². The summed E-state index contributed by atoms with van der Waals surface area (Å²) in [6, 6.07) is 9.99. The molecule has 0 spiro atoms. The van der Waals surface area contributed by atoms with Gasteiger partial charge >= 0.3 is 0 Å². The Morgan fingerprint density at radius 1 is 1.27 bits per heavy atom. The third-order valence-electron chi connectivity index (χ3n) is 2.31. The van der Waals surface area contributed by atoms with Gasteiger partial charge in [0.15, 0.2) is 0 Å². The van der Waals surface area contributed by atoms with Crippen molar-refractivity contribution in [2.75, 3.05) is 0 Å². The van der Waals surface area contributed by atoms with Crippen molar-refractivity contribution in [3.8, 4) is 11.3 Å². The van der Waals surface area contributed by atoms with Crippen molar-refractivity contribution in [1.82, 2.24) is 0 Å². The largest absolute Gasteiger partial charge is 0.460 e. The number of rotatable bonds is 2. The van der Waals surface area contributed by atoms with Gasteiger partial charge in [-0.25, -0.2) is 0 Å². The summed E-state index contributed by atoms with van der Waals surface area (Å²) in [5.41, 5.74) is 7.77. The molecule has 0 radical (unpaired) electrons. The van der Waals surface area contributed by atoms with Gasteiger partial charge in [-0.05, 0) is 36.8 Å². The fourth-order valence-corrected chi connectivity index (χ4v) is 1.69. The van der Waals surface area contributed by atoms with E-state index in [2.05, 4.69) is 28.9 Å². The molecule has 0 aliphatic rings. The van der Waals surface area contributed by atoms with E-state index in [9.17, 15) is 0 Å². The molecular weight excluding hydrogens is 254 g/mol. The number of halogens is 1. The maximum absolute atomic E-state index is 5.57. The second kappa shape index (κ2) is 4.21. The zero-order chi connectivity index (χ0) is 10.8. The minimum Gasteiger partial charge on any atom is -0.460 e. The van der Waals surface area contributed by atoms with Gasteiger partial charge in [0.2, 0.25) is 0 Å². The molecule has 2 N–H and O–H groups in total. The van der Waals surface area contributed by atoms with E-state index in [4.69, 9.17) is 10.2 Å². The predicted molar refractivity (Wildman–Crippen MR) is 64.5 cm³/mol. The second-order valence-electron chi connectivity index (χ2n) is 3.43. The van der Waals surface area contributed by atoms with Gasteiger partial charge in [-0.3, -0.25) is 0 Å². The molecule has 0 amide bonds. The molecule has 1 aromatic carbocycles. The summed E-state index contributed by atoms with van der Waals surface area (Å²) in [5.74, 6) is 1.68. The smallest absolute Gasteiger partial charge is 0.134 e. The molecule has 0 atom stereocenters. The molecule has 15 heavy (non-hydrogen) atoms. The van der Waals surface area contributed by atoms with Crippen molar-refractivity contribution >= 4 is 15.9 Å². The molecule has 2 aromatic rings. The van der Waals surface area contributed by atoms with E-state index in [1.54, 1.807) is 0 Å². The second-order valence-corrected chi connectivity index (χ2v) is 4.29. The lowest BCUT2D eigenvalue weighted by Gasteiger charge is -2.01. The molecule has 1 heterocycles. The van der Waals surface area contributed by atoms with Gasteiger partial charge in [0.25, 0.3) is 0 Å². The van der Waals surface area contributed by atoms with Crippen molar-refractivity contribution in [1.29, 1.82) is 0 Å². The van der Waals surface area contributed by atoms with E-state index in [0.29, 0.717) is 6.54 Å². The molecule has 0 aliphatic heterocycles. The molecule has 2 rings (SSSR count). The van der Waals surface area contributed by atoms with Crippen molar-refractivity contribution in [2.45, 2.75) is 13.5 Å². The highest BCUT2D eigenvalue weighted by molar-refractivity contribution is 9.10. The van der Waals surface area contributed by atoms with Crippen LogP contribution >= 0.6 is 15.9 Å². The number of furan rings is 1. The lowest BCUT2D eigenvalue weighted by Crippen LogP contribution is -1.92. The summed E-state index contributed by atoms with van der Waals surface area (Å²) in [6.45, 7) is 2.50. The first-order chi connectivity index (χ1) is 7.20. The van der Waals surface area contributed by atoms with Crippen LogP contribution in [0, 0.1) is 6.92 Å². The highest BCUT2D eigenvalue weighted by Crippen LogP contribution is 2.26. The summed E-state index contributed by atoms with van der Waals surface area (Å²) in [4.78, 5) is 0. The zero-order valence-corrected chi connectivity index (χ0v) is 10.0. The lowest BCUT2D eigenvalue weighted by atomic mass is 10.1.